The van der Waals surface area contributed by atoms with E-state index in [0.29, 0.717) is 0 Å². The van der Waals surface area contributed by atoms with Crippen LogP contribution in [-0.2, 0) is 0 Å². The number of piperazine rings is 1. The summed E-state index contributed by atoms with van der Waals surface area (Å²) in [5.74, 6) is -1.78. The van der Waals surface area contributed by atoms with Gasteiger partial charge in [0.15, 0.2) is 0 Å². The van der Waals surface area contributed by atoms with Gasteiger partial charge in [-0.25, -0.2) is 4.79 Å². The molecule has 2 rings (SSSR count). The normalized spacial score (nSPS) is 14.6. The molecule has 0 spiro atoms. The minimum Gasteiger partial charge on any atom is -0.872 e. The summed E-state index contributed by atoms with van der Waals surface area (Å²) < 4.78 is 0. The summed E-state index contributed by atoms with van der Waals surface area (Å²) in [6.45, 7) is 4.92. The van der Waals surface area contributed by atoms with E-state index in [0.717, 1.165) is 6.07 Å². The Balaban J connectivity index is 0.000000202. The molecule has 6 N–H and O–H groups in total. The largest absolute Gasteiger partial charge is 0.872 e. The maximum absolute atomic E-state index is 10.8. The second-order valence-corrected chi connectivity index (χ2v) is 3.68. The van der Waals surface area contributed by atoms with Crippen LogP contribution in [0.2, 0.25) is 0 Å². The van der Waals surface area contributed by atoms with E-state index in [1.165, 1.54) is 38.3 Å². The lowest BCUT2D eigenvalue weighted by molar-refractivity contribution is -0.657. The molecule has 0 aromatic heterocycles. The lowest BCUT2D eigenvalue weighted by atomic mass is 10.2. The van der Waals surface area contributed by atoms with E-state index >= 15 is 0 Å². The van der Waals surface area contributed by atoms with E-state index in [1.807, 2.05) is 0 Å². The van der Waals surface area contributed by atoms with Crippen molar-refractivity contribution in [3.8, 4) is 5.75 Å². The van der Waals surface area contributed by atoms with Gasteiger partial charge >= 0.3 is 5.97 Å². The van der Waals surface area contributed by atoms with Crippen molar-refractivity contribution in [3.05, 3.63) is 23.8 Å². The number of quaternary nitrogens is 1. The molecule has 6 nitrogen and oxygen atoms in total. The van der Waals surface area contributed by atoms with Gasteiger partial charge in [-0.1, -0.05) is 5.75 Å². The van der Waals surface area contributed by atoms with Gasteiger partial charge in [0.2, 0.25) is 0 Å². The van der Waals surface area contributed by atoms with Crippen LogP contribution < -0.4 is 21.5 Å². The van der Waals surface area contributed by atoms with Crippen LogP contribution in [0.15, 0.2) is 18.2 Å². The molecule has 1 aromatic rings. The molecule has 1 aliphatic rings. The fourth-order valence-electron chi connectivity index (χ4n) is 1.39. The Kier molecular flexibility index (Phi) is 5.25. The van der Waals surface area contributed by atoms with Gasteiger partial charge in [-0.3, -0.25) is 0 Å². The van der Waals surface area contributed by atoms with Gasteiger partial charge in [0.1, 0.15) is 0 Å². The molecule has 0 amide bonds. The topological polar surface area (TPSA) is 115 Å². The van der Waals surface area contributed by atoms with Crippen molar-refractivity contribution < 1.29 is 20.3 Å². The average Bonchev–Trinajstić information content (AvgIpc) is 2.31. The Morgan fingerprint density at radius 3 is 2.41 bits per heavy atom. The van der Waals surface area contributed by atoms with E-state index in [-0.39, 0.29) is 11.3 Å². The second kappa shape index (κ2) is 6.72. The molecule has 1 aromatic carbocycles. The van der Waals surface area contributed by atoms with E-state index < -0.39 is 11.7 Å². The van der Waals surface area contributed by atoms with Crippen LogP contribution in [-0.4, -0.2) is 37.3 Å². The van der Waals surface area contributed by atoms with Gasteiger partial charge in [-0.05, 0) is 18.2 Å². The van der Waals surface area contributed by atoms with Gasteiger partial charge in [-0.2, -0.15) is 0 Å². The molecule has 0 atom stereocenters. The number of carboxylic acids is 1. The van der Waals surface area contributed by atoms with Crippen LogP contribution in [0.1, 0.15) is 10.4 Å². The first kappa shape index (κ1) is 13.3. The molecule has 6 heteroatoms. The third kappa shape index (κ3) is 4.71. The van der Waals surface area contributed by atoms with E-state index in [4.69, 9.17) is 10.8 Å². The molecule has 0 saturated carbocycles. The predicted octanol–water partition coefficient (Wildman–Crippen LogP) is -1.81. The Morgan fingerprint density at radius 1 is 1.41 bits per heavy atom. The molecule has 0 aliphatic carbocycles. The van der Waals surface area contributed by atoms with Crippen LogP contribution >= 0.6 is 0 Å². The van der Waals surface area contributed by atoms with Crippen molar-refractivity contribution in [2.75, 3.05) is 31.9 Å². The Hall–Kier alpha value is -1.79. The first-order chi connectivity index (χ1) is 8.11. The summed E-state index contributed by atoms with van der Waals surface area (Å²) in [5, 5.41) is 24.8. The number of hydrogen-bond donors (Lipinski definition) is 4. The Labute approximate surface area is 99.4 Å². The van der Waals surface area contributed by atoms with Crippen molar-refractivity contribution in [1.29, 1.82) is 0 Å². The maximum atomic E-state index is 10.8. The van der Waals surface area contributed by atoms with E-state index in [9.17, 15) is 9.90 Å². The number of nitrogens with one attached hydrogen (secondary N) is 1. The number of aromatic carboxylic acids is 1. The lowest BCUT2D eigenvalue weighted by Gasteiger charge is -2.09. The number of carboxylic acid groups (broad SMARTS) is 1. The highest BCUT2D eigenvalue weighted by atomic mass is 16.4. The first-order valence-electron chi connectivity index (χ1n) is 5.43. The van der Waals surface area contributed by atoms with E-state index in [2.05, 4.69) is 10.6 Å². The van der Waals surface area contributed by atoms with Crippen molar-refractivity contribution in [1.82, 2.24) is 5.32 Å². The smallest absolute Gasteiger partial charge is 0.335 e. The summed E-state index contributed by atoms with van der Waals surface area (Å²) in [7, 11) is 0. The molecule has 0 radical (unpaired) electrons. The molecule has 1 heterocycles. The fraction of sp³-hybridized carbons (Fsp3) is 0.364. The lowest BCUT2D eigenvalue weighted by Crippen LogP contribution is -2.89. The summed E-state index contributed by atoms with van der Waals surface area (Å²) >= 11 is 0. The molecule has 0 bridgehead atoms. The van der Waals surface area contributed by atoms with Crippen LogP contribution in [0.3, 0.4) is 0 Å². The average molecular weight is 239 g/mol. The number of nitrogens with two attached hydrogens (primary N) is 2. The fourth-order valence-corrected chi connectivity index (χ4v) is 1.39. The van der Waals surface area contributed by atoms with Crippen LogP contribution in [0.5, 0.6) is 5.75 Å². The Bertz CT molecular complexity index is 367. The van der Waals surface area contributed by atoms with Gasteiger partial charge in [0.05, 0.1) is 18.7 Å². The van der Waals surface area contributed by atoms with Crippen molar-refractivity contribution in [2.24, 2.45) is 0 Å². The minimum absolute atomic E-state index is 0.251. The highest BCUT2D eigenvalue weighted by Gasteiger charge is 2.01. The van der Waals surface area contributed by atoms with Crippen LogP contribution in [0.25, 0.3) is 0 Å². The predicted molar refractivity (Wildman–Crippen MR) is 61.8 cm³/mol. The molecule has 1 aliphatic heterocycles. The monoisotopic (exact) mass is 239 g/mol. The molecular weight excluding hydrogens is 222 g/mol. The van der Waals surface area contributed by atoms with Gasteiger partial charge < -0.3 is 26.6 Å². The molecule has 17 heavy (non-hydrogen) atoms. The number of carbonyl (C=O) groups is 1. The number of hydrogen-bond acceptors (Lipinski definition) is 4. The maximum Gasteiger partial charge on any atom is 0.335 e. The standard InChI is InChI=1S/C7H7NO3.C4H10N2/c8-4-1-2-5(7(10)11)6(9)3-4;1-2-6-4-3-5-1/h1-3,9H,8H2,(H,10,11);5-6H,1-4H2. The minimum atomic E-state index is -1.23. The highest BCUT2D eigenvalue weighted by molar-refractivity contribution is 5.91. The summed E-state index contributed by atoms with van der Waals surface area (Å²) in [4.78, 5) is 10.3. The quantitative estimate of drug-likeness (QED) is 0.431. The van der Waals surface area contributed by atoms with Crippen molar-refractivity contribution >= 4 is 11.7 Å². The summed E-state index contributed by atoms with van der Waals surface area (Å²) in [6, 6.07) is 3.66. The number of benzene rings is 1. The third-order valence-electron chi connectivity index (χ3n) is 2.29. The number of anilines is 1. The third-order valence-corrected chi connectivity index (χ3v) is 2.29. The van der Waals surface area contributed by atoms with Crippen molar-refractivity contribution in [3.63, 3.8) is 0 Å². The van der Waals surface area contributed by atoms with Gasteiger partial charge in [0, 0.05) is 18.8 Å². The highest BCUT2D eigenvalue weighted by Crippen LogP contribution is 2.16. The molecule has 0 unspecified atom stereocenters. The molecular formula is C11H17N3O3. The molecule has 1 saturated heterocycles. The SMILES string of the molecule is C1C[NH2+]CCN1.Nc1ccc(C(=O)O)c([O-])c1. The zero-order chi connectivity index (χ0) is 12.7. The number of rotatable bonds is 1. The summed E-state index contributed by atoms with van der Waals surface area (Å²) in [6.07, 6.45) is 0. The summed E-state index contributed by atoms with van der Waals surface area (Å²) in [5.41, 5.74) is 5.26. The van der Waals surface area contributed by atoms with Gasteiger partial charge in [-0.15, -0.1) is 0 Å². The second-order valence-electron chi connectivity index (χ2n) is 3.68. The number of nitrogen functional groups attached to an aromatic ring is 1. The Morgan fingerprint density at radius 2 is 2.06 bits per heavy atom. The van der Waals surface area contributed by atoms with E-state index in [1.54, 1.807) is 0 Å². The zero-order valence-electron chi connectivity index (χ0n) is 9.48. The zero-order valence-corrected chi connectivity index (χ0v) is 9.48. The molecule has 1 fully saturated rings. The van der Waals surface area contributed by atoms with Crippen LogP contribution in [0.4, 0.5) is 5.69 Å². The van der Waals surface area contributed by atoms with Crippen molar-refractivity contribution in [2.45, 2.75) is 0 Å². The first-order valence-corrected chi connectivity index (χ1v) is 5.43. The van der Waals surface area contributed by atoms with Crippen LogP contribution in [0, 0.1) is 0 Å². The van der Waals surface area contributed by atoms with Gasteiger partial charge in [0.25, 0.3) is 0 Å². The molecule has 94 valence electrons.